The molecule has 8 nitrogen and oxygen atoms in total. The van der Waals surface area contributed by atoms with E-state index in [2.05, 4.69) is 0 Å². The van der Waals surface area contributed by atoms with Crippen LogP contribution in [0.5, 0.6) is 0 Å². The number of morpholine rings is 1. The summed E-state index contributed by atoms with van der Waals surface area (Å²) in [5.74, 6) is -0.767. The van der Waals surface area contributed by atoms with Crippen molar-refractivity contribution in [2.24, 2.45) is 11.1 Å². The average Bonchev–Trinajstić information content (AvgIpc) is 3.33. The van der Waals surface area contributed by atoms with E-state index >= 15 is 0 Å². The Morgan fingerprint density at radius 3 is 2.44 bits per heavy atom. The van der Waals surface area contributed by atoms with Crippen molar-refractivity contribution in [3.63, 3.8) is 0 Å². The number of alkyl halides is 1. The minimum absolute atomic E-state index is 0.00518. The highest BCUT2D eigenvalue weighted by Crippen LogP contribution is 2.40. The largest absolute Gasteiger partial charge is 0.429 e. The maximum Gasteiger partial charge on any atom is 0.429 e. The third-order valence-electron chi connectivity index (χ3n) is 7.35. The van der Waals surface area contributed by atoms with E-state index in [1.807, 2.05) is 69.5 Å². The molecule has 0 saturated carbocycles. The van der Waals surface area contributed by atoms with Crippen molar-refractivity contribution in [3.05, 3.63) is 77.8 Å². The molecule has 43 heavy (non-hydrogen) atoms. The number of benzene rings is 2. The van der Waals surface area contributed by atoms with Crippen LogP contribution < -0.4 is 5.73 Å². The number of carbonyl (C=O) groups excluding carboxylic acids is 1. The summed E-state index contributed by atoms with van der Waals surface area (Å²) in [6.07, 6.45) is 0.925. The van der Waals surface area contributed by atoms with Crippen LogP contribution in [-0.2, 0) is 16.1 Å². The predicted molar refractivity (Wildman–Crippen MR) is 159 cm³/mol. The lowest BCUT2D eigenvalue weighted by molar-refractivity contribution is -0.196. The quantitative estimate of drug-likeness (QED) is 0.302. The fourth-order valence-electron chi connectivity index (χ4n) is 5.45. The Balaban J connectivity index is 1.81. The number of amides is 1. The van der Waals surface area contributed by atoms with Crippen LogP contribution in [0.25, 0.3) is 11.3 Å². The van der Waals surface area contributed by atoms with E-state index in [1.54, 1.807) is 11.3 Å². The van der Waals surface area contributed by atoms with Gasteiger partial charge in [0.1, 0.15) is 24.1 Å². The van der Waals surface area contributed by atoms with Crippen molar-refractivity contribution in [2.45, 2.75) is 71.9 Å². The van der Waals surface area contributed by atoms with Gasteiger partial charge in [-0.05, 0) is 49.4 Å². The maximum atomic E-state index is 15.0. The highest BCUT2D eigenvalue weighted by atomic mass is 19.1. The molecule has 1 aliphatic rings. The molecule has 3 aromatic rings. The Kier molecular flexibility index (Phi) is 10.5. The zero-order valence-electron chi connectivity index (χ0n) is 25.5. The lowest BCUT2D eigenvalue weighted by Crippen LogP contribution is -2.50. The summed E-state index contributed by atoms with van der Waals surface area (Å²) in [5, 5.41) is 1.58. The smallest absolute Gasteiger partial charge is 0.373 e. The average molecular weight is 602 g/mol. The number of rotatable bonds is 10. The van der Waals surface area contributed by atoms with Crippen LogP contribution in [0.1, 0.15) is 58.5 Å². The van der Waals surface area contributed by atoms with Crippen LogP contribution >= 0.6 is 0 Å². The number of hydroxylamine groups is 2. The number of imidazole rings is 1. The molecule has 4 rings (SSSR count). The van der Waals surface area contributed by atoms with Crippen molar-refractivity contribution in [1.82, 2.24) is 19.5 Å². The van der Waals surface area contributed by atoms with Crippen LogP contribution in [0.3, 0.4) is 0 Å². The number of nitrogens with zero attached hydrogens (tertiary/aromatic N) is 4. The van der Waals surface area contributed by atoms with Crippen molar-refractivity contribution in [3.8, 4) is 11.3 Å². The number of hydrogen-bond acceptors (Lipinski definition) is 6. The van der Waals surface area contributed by atoms with E-state index < -0.39 is 41.9 Å². The first-order valence-corrected chi connectivity index (χ1v) is 14.6. The highest BCUT2D eigenvalue weighted by Gasteiger charge is 2.40. The maximum absolute atomic E-state index is 15.0. The van der Waals surface area contributed by atoms with Crippen LogP contribution in [0.2, 0.25) is 0 Å². The van der Waals surface area contributed by atoms with Gasteiger partial charge in [-0.2, -0.15) is 0 Å². The molecular formula is C32H42F3N5O3. The van der Waals surface area contributed by atoms with Gasteiger partial charge in [-0.1, -0.05) is 51.1 Å². The van der Waals surface area contributed by atoms with E-state index in [9.17, 15) is 18.0 Å². The standard InChI is InChI=1S/C32H42F3N5O3/c1-21-17-39(18-22(2)42-21)43-31(41)40(14-13-25(36)16-33)29(32(3,4)5)30-37-28(26-15-24(34)11-12-27(26)35)20-38(30)19-23-9-7-6-8-10-23/h6-12,15,20-22,25,29H,13-14,16-19,36H2,1-5H3/t21-,22+,25-,29-/m0/s1. The lowest BCUT2D eigenvalue weighted by atomic mass is 9.84. The molecule has 11 heteroatoms. The van der Waals surface area contributed by atoms with Gasteiger partial charge in [-0.25, -0.2) is 22.9 Å². The van der Waals surface area contributed by atoms with E-state index in [-0.39, 0.29) is 36.4 Å². The molecule has 0 spiro atoms. The number of ether oxygens (including phenoxy) is 1. The minimum atomic E-state index is -0.777. The lowest BCUT2D eigenvalue weighted by Gasteiger charge is -2.41. The highest BCUT2D eigenvalue weighted by molar-refractivity contribution is 5.68. The molecule has 2 N–H and O–H groups in total. The Hall–Kier alpha value is -3.41. The number of aromatic nitrogens is 2. The predicted octanol–water partition coefficient (Wildman–Crippen LogP) is 6.11. The second-order valence-corrected chi connectivity index (χ2v) is 12.3. The molecule has 0 unspecified atom stereocenters. The molecule has 0 bridgehead atoms. The summed E-state index contributed by atoms with van der Waals surface area (Å²) in [6, 6.07) is 11.4. The van der Waals surface area contributed by atoms with Gasteiger partial charge >= 0.3 is 6.09 Å². The molecule has 1 amide bonds. The zero-order valence-corrected chi connectivity index (χ0v) is 25.5. The van der Waals surface area contributed by atoms with Gasteiger partial charge in [0.2, 0.25) is 0 Å². The number of carbonyl (C=O) groups is 1. The second kappa shape index (κ2) is 13.9. The first kappa shape index (κ1) is 32.5. The Morgan fingerprint density at radius 2 is 1.81 bits per heavy atom. The molecule has 2 heterocycles. The first-order valence-electron chi connectivity index (χ1n) is 14.6. The molecule has 234 valence electrons. The van der Waals surface area contributed by atoms with E-state index in [0.29, 0.717) is 25.5 Å². The summed E-state index contributed by atoms with van der Waals surface area (Å²) in [6.45, 7) is 10.1. The summed E-state index contributed by atoms with van der Waals surface area (Å²) in [7, 11) is 0. The normalized spacial score (nSPS) is 19.2. The minimum Gasteiger partial charge on any atom is -0.373 e. The van der Waals surface area contributed by atoms with Crippen LogP contribution in [0.4, 0.5) is 18.0 Å². The number of nitrogens with two attached hydrogens (primary N) is 1. The Morgan fingerprint density at radius 1 is 1.14 bits per heavy atom. The molecule has 2 aromatic carbocycles. The number of halogens is 3. The van der Waals surface area contributed by atoms with Gasteiger partial charge in [0.05, 0.1) is 37.0 Å². The summed E-state index contributed by atoms with van der Waals surface area (Å²) in [4.78, 5) is 26.2. The van der Waals surface area contributed by atoms with Gasteiger partial charge in [0.25, 0.3) is 0 Å². The molecule has 1 saturated heterocycles. The van der Waals surface area contributed by atoms with Crippen LogP contribution in [0.15, 0.2) is 54.7 Å². The number of hydrogen-bond donors (Lipinski definition) is 1. The van der Waals surface area contributed by atoms with Gasteiger partial charge < -0.3 is 19.9 Å². The molecule has 1 aliphatic heterocycles. The molecule has 1 aromatic heterocycles. The second-order valence-electron chi connectivity index (χ2n) is 12.3. The van der Waals surface area contributed by atoms with Crippen molar-refractivity contribution < 1.29 is 27.5 Å². The van der Waals surface area contributed by atoms with Gasteiger partial charge in [-0.3, -0.25) is 4.90 Å². The Labute approximate surface area is 251 Å². The van der Waals surface area contributed by atoms with Gasteiger partial charge in [-0.15, -0.1) is 5.06 Å². The monoisotopic (exact) mass is 601 g/mol. The van der Waals surface area contributed by atoms with E-state index in [0.717, 1.165) is 23.8 Å². The van der Waals surface area contributed by atoms with Crippen molar-refractivity contribution in [1.29, 1.82) is 0 Å². The SMILES string of the molecule is C[C@@H]1CN(OC(=O)N(CC[C@H](N)CF)[C@@H](c2nc(-c3cc(F)ccc3F)cn2Cc2ccccc2)C(C)(C)C)C[C@H](C)O1. The summed E-state index contributed by atoms with van der Waals surface area (Å²) in [5.41, 5.74) is 6.51. The Bertz CT molecular complexity index is 1350. The third kappa shape index (κ3) is 8.36. The third-order valence-corrected chi connectivity index (χ3v) is 7.35. The molecule has 0 radical (unpaired) electrons. The summed E-state index contributed by atoms with van der Waals surface area (Å²) >= 11 is 0. The van der Waals surface area contributed by atoms with Crippen molar-refractivity contribution >= 4 is 6.09 Å². The van der Waals surface area contributed by atoms with Crippen LogP contribution in [0, 0.1) is 17.0 Å². The zero-order chi connectivity index (χ0) is 31.3. The molecule has 0 aliphatic carbocycles. The molecule has 1 fully saturated rings. The van der Waals surface area contributed by atoms with Gasteiger partial charge in [0, 0.05) is 30.9 Å². The van der Waals surface area contributed by atoms with E-state index in [4.69, 9.17) is 20.3 Å². The summed E-state index contributed by atoms with van der Waals surface area (Å²) < 4.78 is 50.3. The fraction of sp³-hybridized carbons (Fsp3) is 0.500. The fourth-order valence-corrected chi connectivity index (χ4v) is 5.45. The van der Waals surface area contributed by atoms with E-state index in [1.165, 1.54) is 4.90 Å². The van der Waals surface area contributed by atoms with Crippen LogP contribution in [-0.4, -0.2) is 70.2 Å². The van der Waals surface area contributed by atoms with Gasteiger partial charge in [0.15, 0.2) is 0 Å². The first-order chi connectivity index (χ1) is 20.3. The van der Waals surface area contributed by atoms with Crippen molar-refractivity contribution in [2.75, 3.05) is 26.3 Å². The molecular weight excluding hydrogens is 559 g/mol. The molecule has 4 atom stereocenters. The topological polar surface area (TPSA) is 85.9 Å².